The monoisotopic (exact) mass is 317 g/mol. The van der Waals surface area contributed by atoms with E-state index < -0.39 is 0 Å². The molecular weight excluding hydrogens is 286 g/mol. The Morgan fingerprint density at radius 3 is 2.43 bits per heavy atom. The average molecular weight is 317 g/mol. The SMILES string of the molecule is CCCC(=O)Nc1ccc(N2CCC(CCN(C)C)CC2)cc1. The minimum absolute atomic E-state index is 0.0990. The first kappa shape index (κ1) is 17.8. The molecule has 0 aromatic heterocycles. The van der Waals surface area contributed by atoms with Crippen molar-refractivity contribution in [3.05, 3.63) is 24.3 Å². The standard InChI is InChI=1S/C19H31N3O/c1-4-5-19(23)20-17-6-8-18(9-7-17)22-14-11-16(12-15-22)10-13-21(2)3/h6-9,16H,4-5,10-15H2,1-3H3,(H,20,23). The number of nitrogens with one attached hydrogen (secondary N) is 1. The fourth-order valence-corrected chi connectivity index (χ4v) is 3.13. The van der Waals surface area contributed by atoms with Crippen LogP contribution in [0.3, 0.4) is 0 Å². The number of rotatable bonds is 7. The summed E-state index contributed by atoms with van der Waals surface area (Å²) in [6, 6.07) is 8.28. The maximum atomic E-state index is 11.6. The van der Waals surface area contributed by atoms with E-state index in [9.17, 15) is 4.79 Å². The quantitative estimate of drug-likeness (QED) is 0.835. The van der Waals surface area contributed by atoms with Gasteiger partial charge >= 0.3 is 0 Å². The third-order valence-corrected chi connectivity index (χ3v) is 4.59. The molecule has 0 radical (unpaired) electrons. The molecule has 1 aromatic carbocycles. The second kappa shape index (κ2) is 8.92. The Hall–Kier alpha value is -1.55. The van der Waals surface area contributed by atoms with Crippen molar-refractivity contribution in [3.8, 4) is 0 Å². The first-order valence-corrected chi connectivity index (χ1v) is 8.88. The summed E-state index contributed by atoms with van der Waals surface area (Å²) in [5.74, 6) is 0.961. The molecule has 4 heteroatoms. The van der Waals surface area contributed by atoms with Gasteiger partial charge in [0.1, 0.15) is 0 Å². The Morgan fingerprint density at radius 2 is 1.87 bits per heavy atom. The van der Waals surface area contributed by atoms with Gasteiger partial charge in [0.25, 0.3) is 0 Å². The third kappa shape index (κ3) is 5.87. The van der Waals surface area contributed by atoms with Crippen LogP contribution in [0.5, 0.6) is 0 Å². The van der Waals surface area contributed by atoms with Crippen LogP contribution in [0, 0.1) is 5.92 Å². The summed E-state index contributed by atoms with van der Waals surface area (Å²) in [6.07, 6.45) is 5.34. The lowest BCUT2D eigenvalue weighted by atomic mass is 9.93. The molecule has 1 aliphatic rings. The van der Waals surface area contributed by atoms with Gasteiger partial charge in [-0.2, -0.15) is 0 Å². The Balaban J connectivity index is 1.81. The summed E-state index contributed by atoms with van der Waals surface area (Å²) < 4.78 is 0. The average Bonchev–Trinajstić information content (AvgIpc) is 2.54. The van der Waals surface area contributed by atoms with Crippen molar-refractivity contribution in [3.63, 3.8) is 0 Å². The van der Waals surface area contributed by atoms with Gasteiger partial charge < -0.3 is 15.1 Å². The molecule has 1 fully saturated rings. The van der Waals surface area contributed by atoms with E-state index in [0.717, 1.165) is 31.1 Å². The highest BCUT2D eigenvalue weighted by atomic mass is 16.1. The van der Waals surface area contributed by atoms with E-state index >= 15 is 0 Å². The van der Waals surface area contributed by atoms with Crippen LogP contribution in [0.1, 0.15) is 39.0 Å². The number of piperidine rings is 1. The van der Waals surface area contributed by atoms with E-state index in [0.29, 0.717) is 6.42 Å². The lowest BCUT2D eigenvalue weighted by molar-refractivity contribution is -0.116. The van der Waals surface area contributed by atoms with Crippen molar-refractivity contribution in [2.75, 3.05) is 43.9 Å². The molecule has 2 rings (SSSR count). The molecule has 1 aliphatic heterocycles. The van der Waals surface area contributed by atoms with Gasteiger partial charge in [0.05, 0.1) is 0 Å². The zero-order valence-electron chi connectivity index (χ0n) is 14.8. The van der Waals surface area contributed by atoms with Gasteiger partial charge in [0.2, 0.25) is 5.91 Å². The maximum absolute atomic E-state index is 11.6. The van der Waals surface area contributed by atoms with Gasteiger partial charge in [0, 0.05) is 30.9 Å². The molecule has 0 bridgehead atoms. The zero-order chi connectivity index (χ0) is 16.7. The lowest BCUT2D eigenvalue weighted by Gasteiger charge is -2.34. The van der Waals surface area contributed by atoms with Gasteiger partial charge in [-0.1, -0.05) is 6.92 Å². The topological polar surface area (TPSA) is 35.6 Å². The molecule has 0 aliphatic carbocycles. The maximum Gasteiger partial charge on any atom is 0.224 e. The van der Waals surface area contributed by atoms with Crippen molar-refractivity contribution in [2.24, 2.45) is 5.92 Å². The first-order chi connectivity index (χ1) is 11.1. The molecule has 0 atom stereocenters. The highest BCUT2D eigenvalue weighted by Gasteiger charge is 2.19. The first-order valence-electron chi connectivity index (χ1n) is 8.88. The number of carbonyl (C=O) groups is 1. The van der Waals surface area contributed by atoms with Crippen molar-refractivity contribution >= 4 is 17.3 Å². The van der Waals surface area contributed by atoms with Crippen LogP contribution in [-0.2, 0) is 4.79 Å². The van der Waals surface area contributed by atoms with Crippen molar-refractivity contribution in [1.82, 2.24) is 4.90 Å². The van der Waals surface area contributed by atoms with Crippen LogP contribution in [0.2, 0.25) is 0 Å². The van der Waals surface area contributed by atoms with E-state index in [-0.39, 0.29) is 5.91 Å². The van der Waals surface area contributed by atoms with Crippen LogP contribution in [-0.4, -0.2) is 44.5 Å². The molecule has 0 saturated carbocycles. The molecule has 1 aromatic rings. The Bertz CT molecular complexity index is 476. The number of nitrogens with zero attached hydrogens (tertiary/aromatic N) is 2. The second-order valence-electron chi connectivity index (χ2n) is 6.87. The number of benzene rings is 1. The molecule has 23 heavy (non-hydrogen) atoms. The third-order valence-electron chi connectivity index (χ3n) is 4.59. The number of carbonyl (C=O) groups excluding carboxylic acids is 1. The lowest BCUT2D eigenvalue weighted by Crippen LogP contribution is -2.34. The Morgan fingerprint density at radius 1 is 1.22 bits per heavy atom. The van der Waals surface area contributed by atoms with Crippen LogP contribution < -0.4 is 10.2 Å². The molecule has 0 spiro atoms. The van der Waals surface area contributed by atoms with E-state index in [4.69, 9.17) is 0 Å². The highest BCUT2D eigenvalue weighted by Crippen LogP contribution is 2.26. The number of anilines is 2. The van der Waals surface area contributed by atoms with Crippen molar-refractivity contribution in [2.45, 2.75) is 39.0 Å². The van der Waals surface area contributed by atoms with E-state index in [1.807, 2.05) is 19.1 Å². The number of amides is 1. The zero-order valence-corrected chi connectivity index (χ0v) is 14.8. The molecule has 1 heterocycles. The van der Waals surface area contributed by atoms with Gasteiger partial charge in [-0.25, -0.2) is 0 Å². The molecule has 0 unspecified atom stereocenters. The molecule has 1 amide bonds. The predicted octanol–water partition coefficient (Wildman–Crippen LogP) is 3.59. The van der Waals surface area contributed by atoms with E-state index in [1.165, 1.54) is 31.5 Å². The molecule has 128 valence electrons. The second-order valence-corrected chi connectivity index (χ2v) is 6.87. The predicted molar refractivity (Wildman–Crippen MR) is 98.1 cm³/mol. The van der Waals surface area contributed by atoms with Gasteiger partial charge in [-0.15, -0.1) is 0 Å². The Kier molecular flexibility index (Phi) is 6.90. The van der Waals surface area contributed by atoms with Crippen LogP contribution >= 0.6 is 0 Å². The molecule has 1 N–H and O–H groups in total. The fourth-order valence-electron chi connectivity index (χ4n) is 3.13. The number of hydrogen-bond donors (Lipinski definition) is 1. The smallest absolute Gasteiger partial charge is 0.224 e. The normalized spacial score (nSPS) is 15.9. The highest BCUT2D eigenvalue weighted by molar-refractivity contribution is 5.90. The van der Waals surface area contributed by atoms with Gasteiger partial charge in [0.15, 0.2) is 0 Å². The summed E-state index contributed by atoms with van der Waals surface area (Å²) in [7, 11) is 4.30. The van der Waals surface area contributed by atoms with Crippen molar-refractivity contribution < 1.29 is 4.79 Å². The number of hydrogen-bond acceptors (Lipinski definition) is 3. The molecular formula is C19H31N3O. The van der Waals surface area contributed by atoms with Crippen LogP contribution in [0.25, 0.3) is 0 Å². The van der Waals surface area contributed by atoms with Crippen LogP contribution in [0.4, 0.5) is 11.4 Å². The minimum atomic E-state index is 0.0990. The van der Waals surface area contributed by atoms with Gasteiger partial charge in [-0.3, -0.25) is 4.79 Å². The largest absolute Gasteiger partial charge is 0.372 e. The molecule has 4 nitrogen and oxygen atoms in total. The summed E-state index contributed by atoms with van der Waals surface area (Å²) >= 11 is 0. The summed E-state index contributed by atoms with van der Waals surface area (Å²) in [5, 5.41) is 2.95. The minimum Gasteiger partial charge on any atom is -0.372 e. The Labute approximate surface area is 140 Å². The van der Waals surface area contributed by atoms with E-state index in [2.05, 4.69) is 41.3 Å². The molecule has 1 saturated heterocycles. The summed E-state index contributed by atoms with van der Waals surface area (Å²) in [4.78, 5) is 16.4. The summed E-state index contributed by atoms with van der Waals surface area (Å²) in [5.41, 5.74) is 2.16. The fraction of sp³-hybridized carbons (Fsp3) is 0.632. The summed E-state index contributed by atoms with van der Waals surface area (Å²) in [6.45, 7) is 5.49. The van der Waals surface area contributed by atoms with Crippen molar-refractivity contribution in [1.29, 1.82) is 0 Å². The van der Waals surface area contributed by atoms with E-state index in [1.54, 1.807) is 0 Å². The van der Waals surface area contributed by atoms with Crippen LogP contribution in [0.15, 0.2) is 24.3 Å². The van der Waals surface area contributed by atoms with Gasteiger partial charge in [-0.05, 0) is 76.5 Å².